The summed E-state index contributed by atoms with van der Waals surface area (Å²) in [6, 6.07) is 8.35. The molecular weight excluding hydrogens is 268 g/mol. The Morgan fingerprint density at radius 3 is 2.30 bits per heavy atom. The van der Waals surface area contributed by atoms with E-state index in [-0.39, 0.29) is 16.8 Å². The monoisotopic (exact) mass is 277 g/mol. The fraction of sp³-hybridized carbons (Fsp3) is 0.0714. The maximum atomic E-state index is 13.4. The molecule has 0 fully saturated rings. The smallest absolute Gasteiger partial charge is 0.270 e. The molecule has 0 unspecified atom stereocenters. The lowest BCUT2D eigenvalue weighted by atomic mass is 10.0. The van der Waals surface area contributed by atoms with Crippen molar-refractivity contribution in [2.45, 2.75) is 6.42 Å². The SMILES string of the molecule is O=C(Cc1c(F)cccc1F)c1cccc([N+](=O)[O-])c1. The third-order valence-corrected chi connectivity index (χ3v) is 2.78. The Kier molecular flexibility index (Phi) is 3.84. The van der Waals surface area contributed by atoms with Gasteiger partial charge in [-0.25, -0.2) is 8.78 Å². The number of nitro benzene ring substituents is 1. The maximum absolute atomic E-state index is 13.4. The summed E-state index contributed by atoms with van der Waals surface area (Å²) in [6.45, 7) is 0. The minimum Gasteiger partial charge on any atom is -0.294 e. The number of benzene rings is 2. The molecule has 0 N–H and O–H groups in total. The lowest BCUT2D eigenvalue weighted by Crippen LogP contribution is -2.07. The van der Waals surface area contributed by atoms with E-state index in [9.17, 15) is 23.7 Å². The van der Waals surface area contributed by atoms with Crippen LogP contribution in [-0.4, -0.2) is 10.7 Å². The van der Waals surface area contributed by atoms with Gasteiger partial charge >= 0.3 is 0 Å². The minimum atomic E-state index is -0.816. The van der Waals surface area contributed by atoms with Crippen LogP contribution in [0.1, 0.15) is 15.9 Å². The van der Waals surface area contributed by atoms with Crippen LogP contribution in [0, 0.1) is 21.7 Å². The molecule has 0 spiro atoms. The van der Waals surface area contributed by atoms with Crippen LogP contribution in [0.2, 0.25) is 0 Å². The molecule has 0 aromatic heterocycles. The van der Waals surface area contributed by atoms with E-state index in [4.69, 9.17) is 0 Å². The molecule has 0 bridgehead atoms. The first-order valence-corrected chi connectivity index (χ1v) is 5.69. The first-order chi connectivity index (χ1) is 9.49. The quantitative estimate of drug-likeness (QED) is 0.489. The number of nitro groups is 1. The fourth-order valence-corrected chi connectivity index (χ4v) is 1.76. The molecule has 0 amide bonds. The largest absolute Gasteiger partial charge is 0.294 e. The highest BCUT2D eigenvalue weighted by Crippen LogP contribution is 2.18. The van der Waals surface area contributed by atoms with Gasteiger partial charge < -0.3 is 0 Å². The van der Waals surface area contributed by atoms with Crippen LogP contribution >= 0.6 is 0 Å². The normalized spacial score (nSPS) is 10.3. The van der Waals surface area contributed by atoms with Crippen LogP contribution in [0.5, 0.6) is 0 Å². The maximum Gasteiger partial charge on any atom is 0.270 e. The van der Waals surface area contributed by atoms with Crippen LogP contribution in [0.3, 0.4) is 0 Å². The average Bonchev–Trinajstić information content (AvgIpc) is 2.43. The zero-order valence-electron chi connectivity index (χ0n) is 10.2. The predicted molar refractivity (Wildman–Crippen MR) is 67.5 cm³/mol. The van der Waals surface area contributed by atoms with E-state index in [0.29, 0.717) is 0 Å². The summed E-state index contributed by atoms with van der Waals surface area (Å²) in [5, 5.41) is 10.6. The van der Waals surface area contributed by atoms with E-state index in [1.54, 1.807) is 0 Å². The predicted octanol–water partition coefficient (Wildman–Crippen LogP) is 3.30. The van der Waals surface area contributed by atoms with Gasteiger partial charge in [0.25, 0.3) is 5.69 Å². The van der Waals surface area contributed by atoms with Gasteiger partial charge in [-0.2, -0.15) is 0 Å². The summed E-state index contributed by atoms with van der Waals surface area (Å²) in [7, 11) is 0. The molecule has 0 aliphatic carbocycles. The summed E-state index contributed by atoms with van der Waals surface area (Å²) < 4.78 is 26.9. The van der Waals surface area contributed by atoms with Gasteiger partial charge in [0.15, 0.2) is 5.78 Å². The Labute approximate surface area is 112 Å². The molecular formula is C14H9F2NO3. The number of non-ortho nitro benzene ring substituents is 1. The first kappa shape index (κ1) is 13.8. The summed E-state index contributed by atoms with van der Waals surface area (Å²) >= 11 is 0. The van der Waals surface area contributed by atoms with Gasteiger partial charge in [0.2, 0.25) is 0 Å². The van der Waals surface area contributed by atoms with Crippen molar-refractivity contribution < 1.29 is 18.5 Å². The van der Waals surface area contributed by atoms with E-state index in [1.807, 2.05) is 0 Å². The van der Waals surface area contributed by atoms with Crippen LogP contribution in [0.25, 0.3) is 0 Å². The Morgan fingerprint density at radius 1 is 1.10 bits per heavy atom. The molecule has 0 atom stereocenters. The average molecular weight is 277 g/mol. The molecule has 0 aliphatic heterocycles. The number of hydrogen-bond donors (Lipinski definition) is 0. The number of carbonyl (C=O) groups excluding carboxylic acids is 1. The highest BCUT2D eigenvalue weighted by Gasteiger charge is 2.16. The van der Waals surface area contributed by atoms with Crippen molar-refractivity contribution in [2.75, 3.05) is 0 Å². The highest BCUT2D eigenvalue weighted by molar-refractivity contribution is 5.98. The van der Waals surface area contributed by atoms with E-state index < -0.39 is 28.8 Å². The first-order valence-electron chi connectivity index (χ1n) is 5.69. The van der Waals surface area contributed by atoms with Gasteiger partial charge in [0.1, 0.15) is 11.6 Å². The lowest BCUT2D eigenvalue weighted by Gasteiger charge is -2.04. The Morgan fingerprint density at radius 2 is 1.70 bits per heavy atom. The van der Waals surface area contributed by atoms with Crippen LogP contribution in [-0.2, 0) is 6.42 Å². The second kappa shape index (κ2) is 5.56. The van der Waals surface area contributed by atoms with E-state index in [2.05, 4.69) is 0 Å². The van der Waals surface area contributed by atoms with Crippen LogP contribution in [0.15, 0.2) is 42.5 Å². The van der Waals surface area contributed by atoms with E-state index >= 15 is 0 Å². The summed E-state index contributed by atoms with van der Waals surface area (Å²) in [5.74, 6) is -2.22. The molecule has 0 saturated carbocycles. The standard InChI is InChI=1S/C14H9F2NO3/c15-12-5-2-6-13(16)11(12)8-14(18)9-3-1-4-10(7-9)17(19)20/h1-7H,8H2. The molecule has 102 valence electrons. The van der Waals surface area contributed by atoms with Gasteiger partial charge in [-0.3, -0.25) is 14.9 Å². The molecule has 0 aliphatic rings. The number of carbonyl (C=O) groups is 1. The van der Waals surface area contributed by atoms with Crippen molar-refractivity contribution in [3.8, 4) is 0 Å². The molecule has 0 radical (unpaired) electrons. The number of rotatable bonds is 4. The second-order valence-electron chi connectivity index (χ2n) is 4.11. The molecule has 2 aromatic carbocycles. The zero-order chi connectivity index (χ0) is 14.7. The zero-order valence-corrected chi connectivity index (χ0v) is 10.2. The van der Waals surface area contributed by atoms with Crippen molar-refractivity contribution in [1.29, 1.82) is 0 Å². The third-order valence-electron chi connectivity index (χ3n) is 2.78. The molecule has 2 aromatic rings. The molecule has 0 heterocycles. The lowest BCUT2D eigenvalue weighted by molar-refractivity contribution is -0.384. The van der Waals surface area contributed by atoms with Crippen LogP contribution < -0.4 is 0 Å². The molecule has 0 saturated heterocycles. The summed E-state index contributed by atoms with van der Waals surface area (Å²) in [4.78, 5) is 21.9. The van der Waals surface area contributed by atoms with Crippen molar-refractivity contribution in [2.24, 2.45) is 0 Å². The number of ketones is 1. The van der Waals surface area contributed by atoms with Crippen LogP contribution in [0.4, 0.5) is 14.5 Å². The van der Waals surface area contributed by atoms with Crippen molar-refractivity contribution in [1.82, 2.24) is 0 Å². The number of Topliss-reactive ketones (excluding diaryl/α,β-unsaturated/α-hetero) is 1. The van der Waals surface area contributed by atoms with Gasteiger partial charge in [0, 0.05) is 29.7 Å². The number of halogens is 2. The molecule has 20 heavy (non-hydrogen) atoms. The van der Waals surface area contributed by atoms with Gasteiger partial charge in [-0.05, 0) is 12.1 Å². The Balaban J connectivity index is 2.29. The Hall–Kier alpha value is -2.63. The van der Waals surface area contributed by atoms with Crippen molar-refractivity contribution in [3.63, 3.8) is 0 Å². The fourth-order valence-electron chi connectivity index (χ4n) is 1.76. The van der Waals surface area contributed by atoms with Gasteiger partial charge in [0.05, 0.1) is 4.92 Å². The van der Waals surface area contributed by atoms with Gasteiger partial charge in [-0.15, -0.1) is 0 Å². The molecule has 4 nitrogen and oxygen atoms in total. The highest BCUT2D eigenvalue weighted by atomic mass is 19.1. The minimum absolute atomic E-state index is 0.0434. The third kappa shape index (κ3) is 2.85. The number of nitrogens with zero attached hydrogens (tertiary/aromatic N) is 1. The van der Waals surface area contributed by atoms with E-state index in [1.165, 1.54) is 24.3 Å². The topological polar surface area (TPSA) is 60.2 Å². The molecule has 2 rings (SSSR count). The molecule has 6 heteroatoms. The summed E-state index contributed by atoms with van der Waals surface area (Å²) in [6.07, 6.45) is -0.486. The van der Waals surface area contributed by atoms with Crippen molar-refractivity contribution >= 4 is 11.5 Å². The van der Waals surface area contributed by atoms with Crippen molar-refractivity contribution in [3.05, 3.63) is 75.3 Å². The number of hydrogen-bond acceptors (Lipinski definition) is 3. The second-order valence-corrected chi connectivity index (χ2v) is 4.11. The Bertz CT molecular complexity index is 666. The van der Waals surface area contributed by atoms with Gasteiger partial charge in [-0.1, -0.05) is 18.2 Å². The summed E-state index contributed by atoms with van der Waals surface area (Å²) in [5.41, 5.74) is -0.546. The van der Waals surface area contributed by atoms with E-state index in [0.717, 1.165) is 18.2 Å².